The Labute approximate surface area is 104 Å². The van der Waals surface area contributed by atoms with Crippen molar-refractivity contribution in [3.05, 3.63) is 28.8 Å². The SMILES string of the molecule is N#CCNC(=O)CNc1ccc(C#N)c(Cl)c1. The van der Waals surface area contributed by atoms with Crippen LogP contribution in [0.3, 0.4) is 0 Å². The number of hydrogen-bond acceptors (Lipinski definition) is 4. The average Bonchev–Trinajstić information content (AvgIpc) is 2.34. The number of carbonyl (C=O) groups is 1. The largest absolute Gasteiger partial charge is 0.376 e. The molecule has 0 radical (unpaired) electrons. The van der Waals surface area contributed by atoms with Gasteiger partial charge in [-0.1, -0.05) is 11.6 Å². The third kappa shape index (κ3) is 4.02. The number of anilines is 1. The molecule has 2 N–H and O–H groups in total. The van der Waals surface area contributed by atoms with Crippen LogP contribution < -0.4 is 10.6 Å². The molecule has 0 aliphatic heterocycles. The fraction of sp³-hybridized carbons (Fsp3) is 0.182. The smallest absolute Gasteiger partial charge is 0.240 e. The summed E-state index contributed by atoms with van der Waals surface area (Å²) in [6.07, 6.45) is 0. The third-order valence-electron chi connectivity index (χ3n) is 1.91. The third-order valence-corrected chi connectivity index (χ3v) is 2.22. The van der Waals surface area contributed by atoms with Gasteiger partial charge in [0.25, 0.3) is 0 Å². The highest BCUT2D eigenvalue weighted by Gasteiger charge is 2.03. The van der Waals surface area contributed by atoms with Crippen LogP contribution in [0.2, 0.25) is 5.02 Å². The Morgan fingerprint density at radius 1 is 1.41 bits per heavy atom. The molecule has 6 heteroatoms. The fourth-order valence-corrected chi connectivity index (χ4v) is 1.32. The second kappa shape index (κ2) is 6.37. The standard InChI is InChI=1S/C11H9ClN4O/c12-10-5-9(2-1-8(10)6-14)16-7-11(17)15-4-3-13/h1-2,5,16H,4,7H2,(H,15,17). The van der Waals surface area contributed by atoms with E-state index in [2.05, 4.69) is 10.6 Å². The minimum atomic E-state index is -0.285. The molecule has 1 aromatic rings. The number of hydrogen-bond donors (Lipinski definition) is 2. The lowest BCUT2D eigenvalue weighted by molar-refractivity contribution is -0.119. The van der Waals surface area contributed by atoms with Gasteiger partial charge in [0, 0.05) is 5.69 Å². The van der Waals surface area contributed by atoms with Crippen molar-refractivity contribution in [2.45, 2.75) is 0 Å². The molecule has 1 aromatic carbocycles. The Morgan fingerprint density at radius 3 is 2.76 bits per heavy atom. The Hall–Kier alpha value is -2.24. The van der Waals surface area contributed by atoms with Crippen molar-refractivity contribution in [2.75, 3.05) is 18.4 Å². The van der Waals surface area contributed by atoms with Crippen molar-refractivity contribution in [3.63, 3.8) is 0 Å². The van der Waals surface area contributed by atoms with Gasteiger partial charge < -0.3 is 10.6 Å². The highest BCUT2D eigenvalue weighted by Crippen LogP contribution is 2.19. The molecule has 0 atom stereocenters. The van der Waals surface area contributed by atoms with Gasteiger partial charge in [0.15, 0.2) is 0 Å². The molecule has 0 aromatic heterocycles. The summed E-state index contributed by atoms with van der Waals surface area (Å²) in [6, 6.07) is 8.53. The van der Waals surface area contributed by atoms with Gasteiger partial charge >= 0.3 is 0 Å². The molecule has 1 rings (SSSR count). The molecule has 5 nitrogen and oxygen atoms in total. The molecule has 0 spiro atoms. The Balaban J connectivity index is 2.54. The monoisotopic (exact) mass is 248 g/mol. The van der Waals surface area contributed by atoms with E-state index in [1.807, 2.05) is 6.07 Å². The molecule has 0 aliphatic rings. The second-order valence-electron chi connectivity index (χ2n) is 3.09. The van der Waals surface area contributed by atoms with Crippen molar-refractivity contribution in [2.24, 2.45) is 0 Å². The van der Waals surface area contributed by atoms with Gasteiger partial charge in [-0.3, -0.25) is 4.79 Å². The molecule has 0 aliphatic carbocycles. The minimum Gasteiger partial charge on any atom is -0.376 e. The predicted molar refractivity (Wildman–Crippen MR) is 63.3 cm³/mol. The fourth-order valence-electron chi connectivity index (χ4n) is 1.10. The van der Waals surface area contributed by atoms with Crippen LogP contribution in [0.15, 0.2) is 18.2 Å². The average molecular weight is 249 g/mol. The summed E-state index contributed by atoms with van der Waals surface area (Å²) in [5, 5.41) is 22.5. The van der Waals surface area contributed by atoms with Crippen molar-refractivity contribution in [1.29, 1.82) is 10.5 Å². The summed E-state index contributed by atoms with van der Waals surface area (Å²) in [4.78, 5) is 11.2. The lowest BCUT2D eigenvalue weighted by atomic mass is 10.2. The summed E-state index contributed by atoms with van der Waals surface area (Å²) < 4.78 is 0. The van der Waals surface area contributed by atoms with Crippen LogP contribution in [-0.2, 0) is 4.79 Å². The highest BCUT2D eigenvalue weighted by atomic mass is 35.5. The first-order valence-corrected chi connectivity index (χ1v) is 5.12. The van der Waals surface area contributed by atoms with E-state index in [0.717, 1.165) is 0 Å². The van der Waals surface area contributed by atoms with E-state index in [1.165, 1.54) is 0 Å². The molecule has 0 saturated heterocycles. The number of rotatable bonds is 4. The van der Waals surface area contributed by atoms with Crippen LogP contribution in [-0.4, -0.2) is 19.0 Å². The molecule has 0 fully saturated rings. The quantitative estimate of drug-likeness (QED) is 0.785. The van der Waals surface area contributed by atoms with Crippen LogP contribution in [0.25, 0.3) is 0 Å². The maximum atomic E-state index is 11.2. The first kappa shape index (κ1) is 12.8. The Morgan fingerprint density at radius 2 is 2.18 bits per heavy atom. The minimum absolute atomic E-state index is 0.0192. The maximum absolute atomic E-state index is 11.2. The summed E-state index contributed by atoms with van der Waals surface area (Å²) in [5.74, 6) is -0.285. The molecule has 1 amide bonds. The zero-order valence-corrected chi connectivity index (χ0v) is 9.58. The number of nitrogens with zero attached hydrogens (tertiary/aromatic N) is 2. The summed E-state index contributed by atoms with van der Waals surface area (Å²) in [7, 11) is 0. The topological polar surface area (TPSA) is 88.7 Å². The van der Waals surface area contributed by atoms with Crippen molar-refractivity contribution < 1.29 is 4.79 Å². The molecule has 0 heterocycles. The maximum Gasteiger partial charge on any atom is 0.240 e. The number of nitrogens with one attached hydrogen (secondary N) is 2. The zero-order valence-electron chi connectivity index (χ0n) is 8.83. The first-order valence-electron chi connectivity index (χ1n) is 4.74. The predicted octanol–water partition coefficient (Wildman–Crippen LogP) is 1.26. The van der Waals surface area contributed by atoms with Crippen LogP contribution in [0, 0.1) is 22.7 Å². The second-order valence-corrected chi connectivity index (χ2v) is 3.50. The van der Waals surface area contributed by atoms with Crippen molar-refractivity contribution >= 4 is 23.2 Å². The van der Waals surface area contributed by atoms with E-state index in [1.54, 1.807) is 24.3 Å². The Bertz CT molecular complexity index is 501. The van der Waals surface area contributed by atoms with Gasteiger partial charge in [-0.15, -0.1) is 0 Å². The number of nitriles is 2. The van der Waals surface area contributed by atoms with Gasteiger partial charge in [0.2, 0.25) is 5.91 Å². The summed E-state index contributed by atoms with van der Waals surface area (Å²) in [5.41, 5.74) is 1.02. The zero-order chi connectivity index (χ0) is 12.7. The summed E-state index contributed by atoms with van der Waals surface area (Å²) >= 11 is 5.82. The van der Waals surface area contributed by atoms with Gasteiger partial charge in [0.1, 0.15) is 12.6 Å². The molecule has 0 saturated carbocycles. The number of benzene rings is 1. The molecule has 17 heavy (non-hydrogen) atoms. The van der Waals surface area contributed by atoms with Crippen LogP contribution in [0.1, 0.15) is 5.56 Å². The molecular formula is C11H9ClN4O. The normalized spacial score (nSPS) is 8.88. The van der Waals surface area contributed by atoms with E-state index in [0.29, 0.717) is 16.3 Å². The molecule has 0 bridgehead atoms. The molecule has 86 valence electrons. The Kier molecular flexibility index (Phi) is 4.80. The lowest BCUT2D eigenvalue weighted by Crippen LogP contribution is -2.29. The van der Waals surface area contributed by atoms with Crippen LogP contribution in [0.5, 0.6) is 0 Å². The van der Waals surface area contributed by atoms with E-state index >= 15 is 0 Å². The first-order chi connectivity index (χ1) is 8.17. The number of carbonyl (C=O) groups excluding carboxylic acids is 1. The van der Waals surface area contributed by atoms with Crippen molar-refractivity contribution in [1.82, 2.24) is 5.32 Å². The number of amides is 1. The highest BCUT2D eigenvalue weighted by molar-refractivity contribution is 6.32. The lowest BCUT2D eigenvalue weighted by Gasteiger charge is -2.06. The van der Waals surface area contributed by atoms with E-state index in [-0.39, 0.29) is 19.0 Å². The van der Waals surface area contributed by atoms with Gasteiger partial charge in [-0.2, -0.15) is 10.5 Å². The van der Waals surface area contributed by atoms with Crippen LogP contribution in [0.4, 0.5) is 5.69 Å². The van der Waals surface area contributed by atoms with E-state index < -0.39 is 0 Å². The van der Waals surface area contributed by atoms with Crippen LogP contribution >= 0.6 is 11.6 Å². The van der Waals surface area contributed by atoms with Gasteiger partial charge in [0.05, 0.1) is 23.2 Å². The van der Waals surface area contributed by atoms with Crippen molar-refractivity contribution in [3.8, 4) is 12.1 Å². The summed E-state index contributed by atoms with van der Waals surface area (Å²) in [6.45, 7) is 0.0263. The molecule has 0 unspecified atom stereocenters. The van der Waals surface area contributed by atoms with Gasteiger partial charge in [-0.25, -0.2) is 0 Å². The molecular weight excluding hydrogens is 240 g/mol. The van der Waals surface area contributed by atoms with E-state index in [4.69, 9.17) is 22.1 Å². The van der Waals surface area contributed by atoms with E-state index in [9.17, 15) is 4.79 Å². The van der Waals surface area contributed by atoms with Gasteiger partial charge in [-0.05, 0) is 18.2 Å². The number of halogens is 1.